The molecule has 0 aliphatic heterocycles. The van der Waals surface area contributed by atoms with Crippen molar-refractivity contribution in [3.63, 3.8) is 0 Å². The summed E-state index contributed by atoms with van der Waals surface area (Å²) in [7, 11) is -2.17. The van der Waals surface area contributed by atoms with E-state index in [1.807, 2.05) is 6.07 Å². The van der Waals surface area contributed by atoms with Crippen LogP contribution in [0, 0.1) is 11.3 Å². The van der Waals surface area contributed by atoms with Gasteiger partial charge in [-0.05, 0) is 32.0 Å². The standard InChI is InChI=1S/C11H13ClN2O2S/c1-8(2)14(3)17(15,16)11-6-9(7-13)4-5-10(11)12/h4-6,8H,1-3H3. The van der Waals surface area contributed by atoms with Crippen molar-refractivity contribution in [1.29, 1.82) is 5.26 Å². The van der Waals surface area contributed by atoms with Crippen molar-refractivity contribution in [2.75, 3.05) is 7.05 Å². The fourth-order valence-corrected chi connectivity index (χ4v) is 3.07. The lowest BCUT2D eigenvalue weighted by Crippen LogP contribution is -2.33. The van der Waals surface area contributed by atoms with E-state index in [0.717, 1.165) is 0 Å². The predicted octanol–water partition coefficient (Wildman–Crippen LogP) is 2.24. The first-order valence-corrected chi connectivity index (χ1v) is 6.80. The number of hydrogen-bond donors (Lipinski definition) is 0. The van der Waals surface area contributed by atoms with Crippen LogP contribution in [-0.4, -0.2) is 25.8 Å². The third kappa shape index (κ3) is 2.78. The lowest BCUT2D eigenvalue weighted by molar-refractivity contribution is 0.410. The fourth-order valence-electron chi connectivity index (χ4n) is 1.20. The summed E-state index contributed by atoms with van der Waals surface area (Å²) in [5.41, 5.74) is 0.269. The second-order valence-electron chi connectivity index (χ2n) is 3.87. The molecule has 0 N–H and O–H groups in total. The second-order valence-corrected chi connectivity index (χ2v) is 6.25. The first-order valence-electron chi connectivity index (χ1n) is 4.98. The molecule has 0 bridgehead atoms. The van der Waals surface area contributed by atoms with Crippen molar-refractivity contribution in [1.82, 2.24) is 4.31 Å². The number of benzene rings is 1. The van der Waals surface area contributed by atoms with Gasteiger partial charge in [-0.25, -0.2) is 8.42 Å². The first kappa shape index (κ1) is 14.0. The molecule has 0 aliphatic rings. The van der Waals surface area contributed by atoms with E-state index in [1.54, 1.807) is 13.8 Å². The van der Waals surface area contributed by atoms with Gasteiger partial charge in [0.15, 0.2) is 0 Å². The zero-order valence-electron chi connectivity index (χ0n) is 9.81. The first-order chi connectivity index (χ1) is 7.80. The van der Waals surface area contributed by atoms with Crippen LogP contribution in [0.3, 0.4) is 0 Å². The molecule has 0 radical (unpaired) electrons. The minimum absolute atomic E-state index is 0.0329. The zero-order chi connectivity index (χ0) is 13.2. The number of sulfonamides is 1. The van der Waals surface area contributed by atoms with Gasteiger partial charge in [-0.15, -0.1) is 0 Å². The maximum absolute atomic E-state index is 12.2. The molecule has 0 saturated heterocycles. The number of halogens is 1. The maximum atomic E-state index is 12.2. The van der Waals surface area contributed by atoms with Crippen molar-refractivity contribution in [3.05, 3.63) is 28.8 Å². The monoisotopic (exact) mass is 272 g/mol. The quantitative estimate of drug-likeness (QED) is 0.848. The Morgan fingerprint density at radius 2 is 2.00 bits per heavy atom. The van der Waals surface area contributed by atoms with Crippen LogP contribution in [-0.2, 0) is 10.0 Å². The molecule has 0 aliphatic carbocycles. The lowest BCUT2D eigenvalue weighted by Gasteiger charge is -2.21. The van der Waals surface area contributed by atoms with Crippen LogP contribution >= 0.6 is 11.6 Å². The summed E-state index contributed by atoms with van der Waals surface area (Å²) >= 11 is 5.87. The van der Waals surface area contributed by atoms with E-state index in [-0.39, 0.29) is 21.5 Å². The number of nitriles is 1. The van der Waals surface area contributed by atoms with Gasteiger partial charge < -0.3 is 0 Å². The van der Waals surface area contributed by atoms with Crippen LogP contribution in [0.1, 0.15) is 19.4 Å². The van der Waals surface area contributed by atoms with E-state index >= 15 is 0 Å². The summed E-state index contributed by atoms with van der Waals surface area (Å²) in [6.45, 7) is 3.53. The van der Waals surface area contributed by atoms with Crippen LogP contribution in [0.5, 0.6) is 0 Å². The average Bonchev–Trinajstić information content (AvgIpc) is 2.28. The van der Waals surface area contributed by atoms with Gasteiger partial charge in [0.05, 0.1) is 16.7 Å². The molecule has 17 heavy (non-hydrogen) atoms. The Labute approximate surface area is 106 Å². The summed E-state index contributed by atoms with van der Waals surface area (Å²) in [5.74, 6) is 0. The van der Waals surface area contributed by atoms with E-state index in [1.165, 1.54) is 29.6 Å². The normalized spacial score (nSPS) is 11.8. The van der Waals surface area contributed by atoms with Crippen molar-refractivity contribution in [2.24, 2.45) is 0 Å². The van der Waals surface area contributed by atoms with E-state index in [9.17, 15) is 8.42 Å². The molecule has 0 unspecified atom stereocenters. The summed E-state index contributed by atoms with van der Waals surface area (Å²) in [6.07, 6.45) is 0. The summed E-state index contributed by atoms with van der Waals surface area (Å²) in [6, 6.07) is 5.90. The number of hydrogen-bond acceptors (Lipinski definition) is 3. The molecule has 0 spiro atoms. The SMILES string of the molecule is CC(C)N(C)S(=O)(=O)c1cc(C#N)ccc1Cl. The molecule has 1 aromatic carbocycles. The molecule has 1 aromatic rings. The van der Waals surface area contributed by atoms with Gasteiger partial charge in [-0.3, -0.25) is 0 Å². The smallest absolute Gasteiger partial charge is 0.207 e. The predicted molar refractivity (Wildman–Crippen MR) is 66.3 cm³/mol. The van der Waals surface area contributed by atoms with Crippen molar-refractivity contribution < 1.29 is 8.42 Å². The van der Waals surface area contributed by atoms with E-state index < -0.39 is 10.0 Å². The fraction of sp³-hybridized carbons (Fsp3) is 0.364. The Bertz CT molecular complexity index is 561. The molecule has 4 nitrogen and oxygen atoms in total. The highest BCUT2D eigenvalue weighted by atomic mass is 35.5. The van der Waals surface area contributed by atoms with Crippen molar-refractivity contribution in [3.8, 4) is 6.07 Å². The Balaban J connectivity index is 3.39. The van der Waals surface area contributed by atoms with Gasteiger partial charge in [0.25, 0.3) is 0 Å². The van der Waals surface area contributed by atoms with E-state index in [2.05, 4.69) is 0 Å². The largest absolute Gasteiger partial charge is 0.244 e. The van der Waals surface area contributed by atoms with Crippen LogP contribution in [0.15, 0.2) is 23.1 Å². The molecule has 6 heteroatoms. The Hall–Kier alpha value is -1.09. The van der Waals surface area contributed by atoms with Crippen molar-refractivity contribution >= 4 is 21.6 Å². The van der Waals surface area contributed by atoms with Crippen LogP contribution in [0.2, 0.25) is 5.02 Å². The highest BCUT2D eigenvalue weighted by Crippen LogP contribution is 2.25. The molecule has 0 aromatic heterocycles. The van der Waals surface area contributed by atoms with Crippen molar-refractivity contribution in [2.45, 2.75) is 24.8 Å². The number of nitrogens with zero attached hydrogens (tertiary/aromatic N) is 2. The van der Waals surface area contributed by atoms with Gasteiger partial charge in [-0.1, -0.05) is 11.6 Å². The molecule has 92 valence electrons. The third-order valence-electron chi connectivity index (χ3n) is 2.44. The Kier molecular flexibility index (Phi) is 4.15. The molecular weight excluding hydrogens is 260 g/mol. The highest BCUT2D eigenvalue weighted by molar-refractivity contribution is 7.89. The lowest BCUT2D eigenvalue weighted by atomic mass is 10.2. The van der Waals surface area contributed by atoms with E-state index in [4.69, 9.17) is 16.9 Å². The molecule has 0 fully saturated rings. The Morgan fingerprint density at radius 3 is 2.47 bits per heavy atom. The maximum Gasteiger partial charge on any atom is 0.244 e. The van der Waals surface area contributed by atoms with E-state index in [0.29, 0.717) is 0 Å². The van der Waals surface area contributed by atoms with Crippen LogP contribution < -0.4 is 0 Å². The van der Waals surface area contributed by atoms with Crippen LogP contribution in [0.25, 0.3) is 0 Å². The minimum atomic E-state index is -3.65. The summed E-state index contributed by atoms with van der Waals surface area (Å²) < 4.78 is 25.6. The number of rotatable bonds is 3. The molecule has 0 atom stereocenters. The highest BCUT2D eigenvalue weighted by Gasteiger charge is 2.25. The van der Waals surface area contributed by atoms with Gasteiger partial charge in [0.1, 0.15) is 4.90 Å². The molecule has 0 amide bonds. The minimum Gasteiger partial charge on any atom is -0.207 e. The third-order valence-corrected chi connectivity index (χ3v) is 4.96. The second kappa shape index (κ2) is 5.05. The zero-order valence-corrected chi connectivity index (χ0v) is 11.4. The summed E-state index contributed by atoms with van der Waals surface area (Å²) in [4.78, 5) is -0.0329. The van der Waals surface area contributed by atoms with Gasteiger partial charge in [-0.2, -0.15) is 9.57 Å². The van der Waals surface area contributed by atoms with Gasteiger partial charge >= 0.3 is 0 Å². The average molecular weight is 273 g/mol. The molecular formula is C11H13ClN2O2S. The van der Waals surface area contributed by atoms with Crippen LogP contribution in [0.4, 0.5) is 0 Å². The Morgan fingerprint density at radius 1 is 1.41 bits per heavy atom. The molecule has 0 heterocycles. The van der Waals surface area contributed by atoms with Gasteiger partial charge in [0.2, 0.25) is 10.0 Å². The summed E-state index contributed by atoms with van der Waals surface area (Å²) in [5, 5.41) is 8.89. The molecule has 0 saturated carbocycles. The molecule has 1 rings (SSSR count). The topological polar surface area (TPSA) is 61.2 Å². The van der Waals surface area contributed by atoms with Gasteiger partial charge in [0, 0.05) is 13.1 Å².